The van der Waals surface area contributed by atoms with Crippen LogP contribution in [-0.2, 0) is 32.7 Å². The quantitative estimate of drug-likeness (QED) is 0.485. The van der Waals surface area contributed by atoms with E-state index >= 15 is 4.39 Å². The number of carbonyl (C=O) groups excluding carboxylic acids is 4. The molecule has 0 aliphatic carbocycles. The van der Waals surface area contributed by atoms with Crippen LogP contribution >= 0.6 is 0 Å². The second-order valence-electron chi connectivity index (χ2n) is 9.76. The second-order valence-corrected chi connectivity index (χ2v) is 9.76. The number of nitrogens with one attached hydrogen (secondary N) is 1. The summed E-state index contributed by atoms with van der Waals surface area (Å²) in [4.78, 5) is 51.0. The lowest BCUT2D eigenvalue weighted by atomic mass is 9.75. The standard InChI is InChI=1S/C26H30FN5O5/c1-15(33)30-11-19-12-32(25(36)37-19)18-4-6-21(22(27)9-18)26(2)13-31(14-26)23(34)8-17-7-16(10-28)3-5-20(17)24(29)35/h3-7,9,19H,8,10-14,28H2,1-2H3,(H2,29,35)(H,30,33)/t19-/m0/s1. The first-order chi connectivity index (χ1) is 17.5. The van der Waals surface area contributed by atoms with Crippen LogP contribution < -0.4 is 21.7 Å². The number of ether oxygens (including phenoxy) is 1. The van der Waals surface area contributed by atoms with E-state index in [1.54, 1.807) is 35.2 Å². The molecule has 2 heterocycles. The monoisotopic (exact) mass is 511 g/mol. The van der Waals surface area contributed by atoms with Crippen LogP contribution in [0.5, 0.6) is 0 Å². The van der Waals surface area contributed by atoms with Crippen LogP contribution in [0, 0.1) is 5.82 Å². The number of nitrogens with zero attached hydrogens (tertiary/aromatic N) is 2. The van der Waals surface area contributed by atoms with Crippen molar-refractivity contribution in [3.63, 3.8) is 0 Å². The van der Waals surface area contributed by atoms with E-state index < -0.39 is 29.3 Å². The Labute approximate surface area is 213 Å². The van der Waals surface area contributed by atoms with E-state index in [4.69, 9.17) is 16.2 Å². The molecule has 1 atom stereocenters. The fraction of sp³-hybridized carbons (Fsp3) is 0.385. The van der Waals surface area contributed by atoms with E-state index in [2.05, 4.69) is 5.32 Å². The minimum absolute atomic E-state index is 0.0136. The number of nitrogens with two attached hydrogens (primary N) is 2. The largest absolute Gasteiger partial charge is 0.442 e. The highest BCUT2D eigenvalue weighted by atomic mass is 19.1. The zero-order chi connectivity index (χ0) is 26.9. The van der Waals surface area contributed by atoms with Gasteiger partial charge in [-0.05, 0) is 34.9 Å². The topological polar surface area (TPSA) is 148 Å². The summed E-state index contributed by atoms with van der Waals surface area (Å²) in [6.07, 6.45) is -1.15. The van der Waals surface area contributed by atoms with Crippen molar-refractivity contribution < 1.29 is 28.3 Å². The molecule has 2 aliphatic rings. The van der Waals surface area contributed by atoms with Crippen LogP contribution in [0.25, 0.3) is 0 Å². The number of primary amides is 1. The molecule has 37 heavy (non-hydrogen) atoms. The van der Waals surface area contributed by atoms with Gasteiger partial charge in [0.1, 0.15) is 11.9 Å². The van der Waals surface area contributed by atoms with Gasteiger partial charge in [-0.1, -0.05) is 25.1 Å². The minimum atomic E-state index is -0.620. The average Bonchev–Trinajstić information content (AvgIpc) is 3.20. The minimum Gasteiger partial charge on any atom is -0.442 e. The molecule has 0 unspecified atom stereocenters. The van der Waals surface area contributed by atoms with Crippen molar-refractivity contribution in [1.82, 2.24) is 10.2 Å². The number of rotatable bonds is 8. The number of benzene rings is 2. The van der Waals surface area contributed by atoms with E-state index in [9.17, 15) is 19.2 Å². The van der Waals surface area contributed by atoms with Gasteiger partial charge in [-0.15, -0.1) is 0 Å². The van der Waals surface area contributed by atoms with Gasteiger partial charge in [0, 0.05) is 37.5 Å². The molecule has 4 amide bonds. The van der Waals surface area contributed by atoms with Gasteiger partial charge in [-0.3, -0.25) is 19.3 Å². The number of likely N-dealkylation sites (tertiary alicyclic amines) is 1. The van der Waals surface area contributed by atoms with Crippen LogP contribution in [0.3, 0.4) is 0 Å². The van der Waals surface area contributed by atoms with Crippen LogP contribution in [0.1, 0.15) is 40.9 Å². The lowest BCUT2D eigenvalue weighted by molar-refractivity contribution is -0.137. The molecule has 0 aromatic heterocycles. The predicted molar refractivity (Wildman–Crippen MR) is 133 cm³/mol. The van der Waals surface area contributed by atoms with Crippen molar-refractivity contribution in [2.24, 2.45) is 11.5 Å². The summed E-state index contributed by atoms with van der Waals surface area (Å²) in [6, 6.07) is 9.53. The molecule has 2 fully saturated rings. The fourth-order valence-electron chi connectivity index (χ4n) is 4.84. The molecule has 0 saturated carbocycles. The van der Waals surface area contributed by atoms with Crippen LogP contribution in [0.2, 0.25) is 0 Å². The maximum absolute atomic E-state index is 15.2. The number of hydrogen-bond acceptors (Lipinski definition) is 6. The summed E-state index contributed by atoms with van der Waals surface area (Å²) in [6.45, 7) is 4.47. The maximum atomic E-state index is 15.2. The smallest absolute Gasteiger partial charge is 0.414 e. The van der Waals surface area contributed by atoms with E-state index in [-0.39, 0.29) is 43.4 Å². The molecular formula is C26H30FN5O5. The molecule has 0 spiro atoms. The zero-order valence-corrected chi connectivity index (χ0v) is 20.8. The van der Waals surface area contributed by atoms with Gasteiger partial charge in [0.25, 0.3) is 0 Å². The second kappa shape index (κ2) is 10.2. The van der Waals surface area contributed by atoms with Crippen molar-refractivity contribution in [3.05, 3.63) is 64.5 Å². The molecule has 2 aromatic rings. The van der Waals surface area contributed by atoms with Crippen LogP contribution in [0.4, 0.5) is 14.9 Å². The first-order valence-corrected chi connectivity index (χ1v) is 11.9. The summed E-state index contributed by atoms with van der Waals surface area (Å²) < 4.78 is 20.4. The Morgan fingerprint density at radius 2 is 1.92 bits per heavy atom. The van der Waals surface area contributed by atoms with Crippen molar-refractivity contribution in [1.29, 1.82) is 0 Å². The number of cyclic esters (lactones) is 1. The summed E-state index contributed by atoms with van der Waals surface area (Å²) in [5, 5.41) is 2.60. The third kappa shape index (κ3) is 5.41. The van der Waals surface area contributed by atoms with E-state index in [1.807, 2.05) is 6.92 Å². The normalized spacial score (nSPS) is 18.3. The molecule has 2 aromatic carbocycles. The number of anilines is 1. The molecule has 11 heteroatoms. The van der Waals surface area contributed by atoms with Gasteiger partial charge in [-0.2, -0.15) is 0 Å². The average molecular weight is 512 g/mol. The number of hydrogen-bond donors (Lipinski definition) is 3. The Morgan fingerprint density at radius 1 is 1.19 bits per heavy atom. The molecule has 0 radical (unpaired) electrons. The first-order valence-electron chi connectivity index (χ1n) is 11.9. The third-order valence-electron chi connectivity index (χ3n) is 6.81. The Hall–Kier alpha value is -3.99. The Kier molecular flexibility index (Phi) is 7.17. The number of amides is 4. The predicted octanol–water partition coefficient (Wildman–Crippen LogP) is 1.19. The van der Waals surface area contributed by atoms with Crippen molar-refractivity contribution >= 4 is 29.5 Å². The van der Waals surface area contributed by atoms with Gasteiger partial charge in [0.15, 0.2) is 0 Å². The van der Waals surface area contributed by atoms with Crippen LogP contribution in [0.15, 0.2) is 36.4 Å². The fourth-order valence-corrected chi connectivity index (χ4v) is 4.84. The maximum Gasteiger partial charge on any atom is 0.414 e. The SMILES string of the molecule is CC(=O)NC[C@H]1CN(c2ccc(C3(C)CN(C(=O)Cc4cc(CN)ccc4C(N)=O)C3)c(F)c2)C(=O)O1. The third-order valence-corrected chi connectivity index (χ3v) is 6.81. The van der Waals surface area contributed by atoms with Gasteiger partial charge in [-0.25, -0.2) is 9.18 Å². The Bertz CT molecular complexity index is 1260. The number of halogens is 1. The lowest BCUT2D eigenvalue weighted by Gasteiger charge is -2.48. The molecule has 2 aliphatic heterocycles. The summed E-state index contributed by atoms with van der Waals surface area (Å²) >= 11 is 0. The lowest BCUT2D eigenvalue weighted by Crippen LogP contribution is -2.60. The molecule has 2 saturated heterocycles. The molecule has 10 nitrogen and oxygen atoms in total. The summed E-state index contributed by atoms with van der Waals surface area (Å²) in [5.74, 6) is -1.54. The molecule has 196 valence electrons. The number of carbonyl (C=O) groups is 4. The zero-order valence-electron chi connectivity index (χ0n) is 20.8. The highest BCUT2D eigenvalue weighted by Crippen LogP contribution is 2.37. The van der Waals surface area contributed by atoms with Crippen molar-refractivity contribution in [2.45, 2.75) is 38.3 Å². The first kappa shape index (κ1) is 26.1. The van der Waals surface area contributed by atoms with E-state index in [0.717, 1.165) is 5.56 Å². The van der Waals surface area contributed by atoms with E-state index in [1.165, 1.54) is 17.9 Å². The van der Waals surface area contributed by atoms with E-state index in [0.29, 0.717) is 29.9 Å². The van der Waals surface area contributed by atoms with Crippen LogP contribution in [-0.4, -0.2) is 61.0 Å². The van der Waals surface area contributed by atoms with Gasteiger partial charge in [0.2, 0.25) is 17.7 Å². The van der Waals surface area contributed by atoms with Crippen molar-refractivity contribution in [3.8, 4) is 0 Å². The van der Waals surface area contributed by atoms with Gasteiger partial charge >= 0.3 is 6.09 Å². The highest BCUT2D eigenvalue weighted by Gasteiger charge is 2.44. The van der Waals surface area contributed by atoms with Crippen molar-refractivity contribution in [2.75, 3.05) is 31.1 Å². The summed E-state index contributed by atoms with van der Waals surface area (Å²) in [7, 11) is 0. The Balaban J connectivity index is 1.41. The summed E-state index contributed by atoms with van der Waals surface area (Å²) in [5.41, 5.74) is 12.9. The molecular weight excluding hydrogens is 481 g/mol. The van der Waals surface area contributed by atoms with Gasteiger partial charge in [0.05, 0.1) is 25.2 Å². The molecule has 5 N–H and O–H groups in total. The molecule has 4 rings (SSSR count). The van der Waals surface area contributed by atoms with Gasteiger partial charge < -0.3 is 26.4 Å². The highest BCUT2D eigenvalue weighted by molar-refractivity contribution is 5.96. The Morgan fingerprint density at radius 3 is 2.54 bits per heavy atom. The molecule has 0 bridgehead atoms.